The van der Waals surface area contributed by atoms with Gasteiger partial charge in [-0.05, 0) is 13.8 Å². The molecule has 0 aromatic rings. The molecule has 0 saturated heterocycles. The summed E-state index contributed by atoms with van der Waals surface area (Å²) in [5.41, 5.74) is 5.01. The van der Waals surface area contributed by atoms with Crippen LogP contribution >= 0.6 is 12.4 Å². The molecule has 0 spiro atoms. The van der Waals surface area contributed by atoms with Gasteiger partial charge in [0.15, 0.2) is 0 Å². The van der Waals surface area contributed by atoms with Gasteiger partial charge in [0.05, 0.1) is 12.2 Å². The van der Waals surface area contributed by atoms with Crippen molar-refractivity contribution in [3.63, 3.8) is 0 Å². The number of hydrogen-bond acceptors (Lipinski definition) is 4. The van der Waals surface area contributed by atoms with Crippen LogP contribution in [0.25, 0.3) is 0 Å². The molecule has 1 rings (SSSR count). The number of halogens is 1. The molecule has 0 heterocycles. The highest BCUT2D eigenvalue weighted by atomic mass is 35.5. The minimum atomic E-state index is -0.801. The highest BCUT2D eigenvalue weighted by molar-refractivity contribution is 5.85. The molecule has 14 heavy (non-hydrogen) atoms. The number of esters is 1. The van der Waals surface area contributed by atoms with Gasteiger partial charge < -0.3 is 15.2 Å². The fourth-order valence-electron chi connectivity index (χ4n) is 1.42. The summed E-state index contributed by atoms with van der Waals surface area (Å²) in [7, 11) is 1.62. The number of hydrogen-bond donors (Lipinski definition) is 1. The highest BCUT2D eigenvalue weighted by Gasteiger charge is 2.48. The van der Waals surface area contributed by atoms with E-state index >= 15 is 0 Å². The van der Waals surface area contributed by atoms with Gasteiger partial charge in [0.2, 0.25) is 0 Å². The third-order valence-corrected chi connectivity index (χ3v) is 2.27. The SMILES string of the molecule is COC1CC(N)(C(=O)OC(C)C)C1.Cl. The van der Waals surface area contributed by atoms with Gasteiger partial charge in [-0.25, -0.2) is 0 Å². The molecule has 0 aliphatic heterocycles. The van der Waals surface area contributed by atoms with E-state index in [1.165, 1.54) is 0 Å². The van der Waals surface area contributed by atoms with Crippen LogP contribution in [0, 0.1) is 0 Å². The standard InChI is InChI=1S/C9H17NO3.ClH/c1-6(2)13-8(11)9(10)4-7(5-9)12-3;/h6-7H,4-5,10H2,1-3H3;1H. The van der Waals surface area contributed by atoms with Crippen molar-refractivity contribution in [1.82, 2.24) is 0 Å². The van der Waals surface area contributed by atoms with Crippen molar-refractivity contribution >= 4 is 18.4 Å². The predicted octanol–water partition coefficient (Wildman–Crippen LogP) is 0.866. The Morgan fingerprint density at radius 2 is 2.00 bits per heavy atom. The Balaban J connectivity index is 0.00000169. The number of ether oxygens (including phenoxy) is 2. The molecule has 1 aliphatic carbocycles. The number of methoxy groups -OCH3 is 1. The maximum absolute atomic E-state index is 11.4. The van der Waals surface area contributed by atoms with Gasteiger partial charge in [0.25, 0.3) is 0 Å². The molecule has 1 saturated carbocycles. The van der Waals surface area contributed by atoms with Gasteiger partial charge >= 0.3 is 5.97 Å². The van der Waals surface area contributed by atoms with Crippen molar-refractivity contribution < 1.29 is 14.3 Å². The van der Waals surface area contributed by atoms with Crippen LogP contribution in [0.5, 0.6) is 0 Å². The second kappa shape index (κ2) is 4.96. The molecule has 0 aromatic heterocycles. The summed E-state index contributed by atoms with van der Waals surface area (Å²) in [6.07, 6.45) is 1.14. The second-order valence-electron chi connectivity index (χ2n) is 3.88. The van der Waals surface area contributed by atoms with Gasteiger partial charge in [0.1, 0.15) is 5.54 Å². The summed E-state index contributed by atoms with van der Waals surface area (Å²) in [6, 6.07) is 0. The molecule has 84 valence electrons. The molecule has 2 N–H and O–H groups in total. The van der Waals surface area contributed by atoms with E-state index in [1.807, 2.05) is 13.8 Å². The summed E-state index contributed by atoms with van der Waals surface area (Å²) in [5.74, 6) is -0.309. The van der Waals surface area contributed by atoms with Crippen LogP contribution < -0.4 is 5.73 Å². The number of nitrogens with two attached hydrogens (primary N) is 1. The van der Waals surface area contributed by atoms with Crippen molar-refractivity contribution in [3.05, 3.63) is 0 Å². The average molecular weight is 224 g/mol. The van der Waals surface area contributed by atoms with E-state index in [2.05, 4.69) is 0 Å². The fourth-order valence-corrected chi connectivity index (χ4v) is 1.42. The summed E-state index contributed by atoms with van der Waals surface area (Å²) >= 11 is 0. The van der Waals surface area contributed by atoms with Crippen molar-refractivity contribution in [2.24, 2.45) is 5.73 Å². The first kappa shape index (κ1) is 13.7. The molecule has 5 heteroatoms. The maximum atomic E-state index is 11.4. The average Bonchev–Trinajstić information content (AvgIpc) is 1.97. The van der Waals surface area contributed by atoms with Gasteiger partial charge in [-0.15, -0.1) is 12.4 Å². The van der Waals surface area contributed by atoms with E-state index in [9.17, 15) is 4.79 Å². The first-order valence-electron chi connectivity index (χ1n) is 4.50. The molecule has 1 aliphatic rings. The Morgan fingerprint density at radius 3 is 2.36 bits per heavy atom. The molecule has 0 atom stereocenters. The van der Waals surface area contributed by atoms with Crippen LogP contribution in [0.3, 0.4) is 0 Å². The predicted molar refractivity (Wildman–Crippen MR) is 55.4 cm³/mol. The van der Waals surface area contributed by atoms with Crippen LogP contribution in [-0.4, -0.2) is 30.8 Å². The zero-order valence-corrected chi connectivity index (χ0v) is 9.60. The largest absolute Gasteiger partial charge is 0.462 e. The monoisotopic (exact) mass is 223 g/mol. The van der Waals surface area contributed by atoms with E-state index in [0.29, 0.717) is 12.8 Å². The number of carbonyl (C=O) groups excluding carboxylic acids is 1. The molecule has 0 unspecified atom stereocenters. The quantitative estimate of drug-likeness (QED) is 0.722. The minimum absolute atomic E-state index is 0. The first-order valence-corrected chi connectivity index (χ1v) is 4.50. The van der Waals surface area contributed by atoms with Gasteiger partial charge in [-0.2, -0.15) is 0 Å². The smallest absolute Gasteiger partial charge is 0.326 e. The van der Waals surface area contributed by atoms with Crippen LogP contribution in [0.1, 0.15) is 26.7 Å². The topological polar surface area (TPSA) is 61.5 Å². The highest BCUT2D eigenvalue weighted by Crippen LogP contribution is 2.33. The third kappa shape index (κ3) is 2.83. The Bertz CT molecular complexity index is 202. The summed E-state index contributed by atoms with van der Waals surface area (Å²) < 4.78 is 10.1. The minimum Gasteiger partial charge on any atom is -0.462 e. The van der Waals surface area contributed by atoms with Gasteiger partial charge in [0, 0.05) is 20.0 Å². The van der Waals surface area contributed by atoms with Crippen LogP contribution in [0.2, 0.25) is 0 Å². The number of carbonyl (C=O) groups is 1. The molecule has 0 radical (unpaired) electrons. The third-order valence-electron chi connectivity index (χ3n) is 2.27. The summed E-state index contributed by atoms with van der Waals surface area (Å²) in [6.45, 7) is 3.63. The fraction of sp³-hybridized carbons (Fsp3) is 0.889. The van der Waals surface area contributed by atoms with Gasteiger partial charge in [-0.1, -0.05) is 0 Å². The molecule has 0 amide bonds. The van der Waals surface area contributed by atoms with Crippen molar-refractivity contribution in [2.45, 2.75) is 44.4 Å². The maximum Gasteiger partial charge on any atom is 0.326 e. The summed E-state index contributed by atoms with van der Waals surface area (Å²) in [4.78, 5) is 11.4. The van der Waals surface area contributed by atoms with E-state index in [4.69, 9.17) is 15.2 Å². The van der Waals surface area contributed by atoms with E-state index < -0.39 is 5.54 Å². The van der Waals surface area contributed by atoms with E-state index in [1.54, 1.807) is 7.11 Å². The molecular weight excluding hydrogens is 206 g/mol. The lowest BCUT2D eigenvalue weighted by atomic mass is 9.75. The first-order chi connectivity index (χ1) is 5.98. The van der Waals surface area contributed by atoms with Crippen LogP contribution in [-0.2, 0) is 14.3 Å². The van der Waals surface area contributed by atoms with Crippen LogP contribution in [0.4, 0.5) is 0 Å². The summed E-state index contributed by atoms with van der Waals surface area (Å²) in [5, 5.41) is 0. The Hall–Kier alpha value is -0.320. The van der Waals surface area contributed by atoms with Crippen molar-refractivity contribution in [1.29, 1.82) is 0 Å². The lowest BCUT2D eigenvalue weighted by Gasteiger charge is -2.41. The molecular formula is C9H18ClNO3. The molecule has 1 fully saturated rings. The van der Waals surface area contributed by atoms with Crippen molar-refractivity contribution in [2.75, 3.05) is 7.11 Å². The zero-order valence-electron chi connectivity index (χ0n) is 8.78. The Kier molecular flexibility index (Phi) is 4.84. The molecule has 0 aromatic carbocycles. The van der Waals surface area contributed by atoms with Gasteiger partial charge in [-0.3, -0.25) is 4.79 Å². The van der Waals surface area contributed by atoms with E-state index in [-0.39, 0.29) is 30.6 Å². The lowest BCUT2D eigenvalue weighted by molar-refractivity contribution is -0.163. The zero-order chi connectivity index (χ0) is 10.1. The molecule has 0 bridgehead atoms. The number of rotatable bonds is 3. The lowest BCUT2D eigenvalue weighted by Crippen LogP contribution is -2.61. The van der Waals surface area contributed by atoms with Crippen LogP contribution in [0.15, 0.2) is 0 Å². The van der Waals surface area contributed by atoms with Crippen molar-refractivity contribution in [3.8, 4) is 0 Å². The molecule has 4 nitrogen and oxygen atoms in total. The second-order valence-corrected chi connectivity index (χ2v) is 3.88. The van der Waals surface area contributed by atoms with E-state index in [0.717, 1.165) is 0 Å². The Labute approximate surface area is 90.5 Å². The normalized spacial score (nSPS) is 30.5. The Morgan fingerprint density at radius 1 is 1.50 bits per heavy atom.